The van der Waals surface area contributed by atoms with Crippen LogP contribution in [0.1, 0.15) is 31.2 Å². The average molecular weight is 234 g/mol. The Bertz CT molecular complexity index is 354. The maximum Gasteiger partial charge on any atom is 0.216 e. The van der Waals surface area contributed by atoms with Gasteiger partial charge in [-0.3, -0.25) is 0 Å². The Hall–Kier alpha value is -1.09. The van der Waals surface area contributed by atoms with Crippen LogP contribution in [-0.4, -0.2) is 18.1 Å². The molecule has 1 aliphatic rings. The van der Waals surface area contributed by atoms with E-state index in [1.165, 1.54) is 25.7 Å². The Morgan fingerprint density at radius 3 is 2.82 bits per heavy atom. The first-order valence-corrected chi connectivity index (χ1v) is 6.55. The minimum absolute atomic E-state index is 0.607. The third-order valence-electron chi connectivity index (χ3n) is 3.76. The van der Waals surface area contributed by atoms with E-state index in [4.69, 9.17) is 10.5 Å². The second-order valence-electron chi connectivity index (χ2n) is 4.98. The first-order chi connectivity index (χ1) is 8.31. The van der Waals surface area contributed by atoms with Gasteiger partial charge in [0.2, 0.25) is 5.88 Å². The number of ether oxygens (including phenoxy) is 1. The van der Waals surface area contributed by atoms with Crippen molar-refractivity contribution < 1.29 is 4.74 Å². The normalized spacial score (nSPS) is 24.6. The fourth-order valence-corrected chi connectivity index (χ4v) is 2.62. The van der Waals surface area contributed by atoms with Crippen LogP contribution in [-0.2, 0) is 0 Å². The SMILES string of the molecule is Cc1cccnc1OCC1CCCCC1CN. The Morgan fingerprint density at radius 2 is 2.12 bits per heavy atom. The van der Waals surface area contributed by atoms with Gasteiger partial charge in [-0.25, -0.2) is 4.98 Å². The molecule has 1 saturated carbocycles. The smallest absolute Gasteiger partial charge is 0.216 e. The Kier molecular flexibility index (Phi) is 4.37. The molecule has 0 aromatic carbocycles. The molecule has 0 amide bonds. The molecule has 2 atom stereocenters. The largest absolute Gasteiger partial charge is 0.477 e. The molecule has 0 radical (unpaired) electrons. The van der Waals surface area contributed by atoms with Crippen molar-refractivity contribution in [2.45, 2.75) is 32.6 Å². The van der Waals surface area contributed by atoms with Crippen molar-refractivity contribution in [2.75, 3.05) is 13.2 Å². The second kappa shape index (κ2) is 6.01. The number of nitrogens with zero attached hydrogens (tertiary/aromatic N) is 1. The number of aryl methyl sites for hydroxylation is 1. The molecule has 0 spiro atoms. The second-order valence-corrected chi connectivity index (χ2v) is 4.98. The van der Waals surface area contributed by atoms with Crippen LogP contribution in [0.2, 0.25) is 0 Å². The first kappa shape index (κ1) is 12.4. The summed E-state index contributed by atoms with van der Waals surface area (Å²) in [5, 5.41) is 0. The number of pyridine rings is 1. The Labute approximate surface area is 103 Å². The summed E-state index contributed by atoms with van der Waals surface area (Å²) in [6.45, 7) is 3.58. The third kappa shape index (κ3) is 3.19. The minimum atomic E-state index is 0.607. The van der Waals surface area contributed by atoms with Gasteiger partial charge in [0.1, 0.15) is 0 Å². The summed E-state index contributed by atoms with van der Waals surface area (Å²) < 4.78 is 5.84. The van der Waals surface area contributed by atoms with E-state index in [0.29, 0.717) is 11.8 Å². The van der Waals surface area contributed by atoms with Crippen molar-refractivity contribution in [1.29, 1.82) is 0 Å². The van der Waals surface area contributed by atoms with E-state index < -0.39 is 0 Å². The molecule has 2 rings (SSSR count). The first-order valence-electron chi connectivity index (χ1n) is 6.55. The van der Waals surface area contributed by atoms with Gasteiger partial charge in [-0.15, -0.1) is 0 Å². The summed E-state index contributed by atoms with van der Waals surface area (Å²) in [7, 11) is 0. The zero-order valence-electron chi connectivity index (χ0n) is 10.6. The zero-order chi connectivity index (χ0) is 12.1. The number of hydrogen-bond acceptors (Lipinski definition) is 3. The number of hydrogen-bond donors (Lipinski definition) is 1. The Morgan fingerprint density at radius 1 is 1.35 bits per heavy atom. The summed E-state index contributed by atoms with van der Waals surface area (Å²) in [6.07, 6.45) is 6.91. The van der Waals surface area contributed by atoms with Crippen molar-refractivity contribution >= 4 is 0 Å². The molecule has 2 N–H and O–H groups in total. The highest BCUT2D eigenvalue weighted by Crippen LogP contribution is 2.29. The third-order valence-corrected chi connectivity index (χ3v) is 3.76. The quantitative estimate of drug-likeness (QED) is 0.871. The monoisotopic (exact) mass is 234 g/mol. The number of aromatic nitrogens is 1. The number of rotatable bonds is 4. The summed E-state index contributed by atoms with van der Waals surface area (Å²) in [5.74, 6) is 2.01. The van der Waals surface area contributed by atoms with Crippen LogP contribution in [0.4, 0.5) is 0 Å². The molecule has 3 heteroatoms. The van der Waals surface area contributed by atoms with Gasteiger partial charge in [0.05, 0.1) is 6.61 Å². The van der Waals surface area contributed by atoms with Crippen molar-refractivity contribution in [3.8, 4) is 5.88 Å². The molecule has 1 fully saturated rings. The predicted octanol–water partition coefficient (Wildman–Crippen LogP) is 2.53. The lowest BCUT2D eigenvalue weighted by Gasteiger charge is -2.30. The highest BCUT2D eigenvalue weighted by atomic mass is 16.5. The summed E-state index contributed by atoms with van der Waals surface area (Å²) in [5.41, 5.74) is 6.93. The van der Waals surface area contributed by atoms with Crippen LogP contribution in [0, 0.1) is 18.8 Å². The van der Waals surface area contributed by atoms with Crippen molar-refractivity contribution in [2.24, 2.45) is 17.6 Å². The molecule has 0 aliphatic heterocycles. The van der Waals surface area contributed by atoms with Crippen LogP contribution >= 0.6 is 0 Å². The highest BCUT2D eigenvalue weighted by molar-refractivity contribution is 5.23. The van der Waals surface area contributed by atoms with Gasteiger partial charge in [0.15, 0.2) is 0 Å². The molecule has 0 bridgehead atoms. The topological polar surface area (TPSA) is 48.1 Å². The van der Waals surface area contributed by atoms with Gasteiger partial charge in [0.25, 0.3) is 0 Å². The molecule has 3 nitrogen and oxygen atoms in total. The van der Waals surface area contributed by atoms with E-state index in [-0.39, 0.29) is 0 Å². The zero-order valence-corrected chi connectivity index (χ0v) is 10.6. The summed E-state index contributed by atoms with van der Waals surface area (Å²) in [6, 6.07) is 3.97. The van der Waals surface area contributed by atoms with E-state index in [1.807, 2.05) is 19.1 Å². The molecular formula is C14H22N2O. The van der Waals surface area contributed by atoms with Crippen LogP contribution in [0.15, 0.2) is 18.3 Å². The van der Waals surface area contributed by atoms with E-state index >= 15 is 0 Å². The van der Waals surface area contributed by atoms with Crippen LogP contribution < -0.4 is 10.5 Å². The van der Waals surface area contributed by atoms with Crippen LogP contribution in [0.3, 0.4) is 0 Å². The highest BCUT2D eigenvalue weighted by Gasteiger charge is 2.24. The van der Waals surface area contributed by atoms with E-state index in [2.05, 4.69) is 4.98 Å². The molecule has 1 heterocycles. The van der Waals surface area contributed by atoms with Gasteiger partial charge < -0.3 is 10.5 Å². The fraction of sp³-hybridized carbons (Fsp3) is 0.643. The number of nitrogens with two attached hydrogens (primary N) is 1. The minimum Gasteiger partial charge on any atom is -0.477 e. The van der Waals surface area contributed by atoms with E-state index in [9.17, 15) is 0 Å². The molecule has 0 saturated heterocycles. The fourth-order valence-electron chi connectivity index (χ4n) is 2.62. The van der Waals surface area contributed by atoms with Crippen LogP contribution in [0.25, 0.3) is 0 Å². The summed E-state index contributed by atoms with van der Waals surface area (Å²) >= 11 is 0. The van der Waals surface area contributed by atoms with Crippen LogP contribution in [0.5, 0.6) is 5.88 Å². The lowest BCUT2D eigenvalue weighted by molar-refractivity contribution is 0.149. The van der Waals surface area contributed by atoms with Gasteiger partial charge in [-0.2, -0.15) is 0 Å². The van der Waals surface area contributed by atoms with E-state index in [0.717, 1.165) is 24.6 Å². The van der Waals surface area contributed by atoms with E-state index in [1.54, 1.807) is 6.20 Å². The molecule has 1 aromatic rings. The Balaban J connectivity index is 1.90. The molecular weight excluding hydrogens is 212 g/mol. The van der Waals surface area contributed by atoms with Gasteiger partial charge in [0, 0.05) is 11.8 Å². The lowest BCUT2D eigenvalue weighted by Crippen LogP contribution is -2.30. The van der Waals surface area contributed by atoms with Gasteiger partial charge in [-0.1, -0.05) is 18.9 Å². The van der Waals surface area contributed by atoms with Gasteiger partial charge >= 0.3 is 0 Å². The maximum atomic E-state index is 5.84. The standard InChI is InChI=1S/C14H22N2O/c1-11-5-4-8-16-14(11)17-10-13-7-3-2-6-12(13)9-15/h4-5,8,12-13H,2-3,6-7,9-10,15H2,1H3. The molecule has 94 valence electrons. The maximum absolute atomic E-state index is 5.84. The van der Waals surface area contributed by atoms with Crippen molar-refractivity contribution in [1.82, 2.24) is 4.98 Å². The van der Waals surface area contributed by atoms with Gasteiger partial charge in [-0.05, 0) is 44.2 Å². The molecule has 1 aliphatic carbocycles. The predicted molar refractivity (Wildman–Crippen MR) is 69.0 cm³/mol. The molecule has 17 heavy (non-hydrogen) atoms. The average Bonchev–Trinajstić information content (AvgIpc) is 2.38. The van der Waals surface area contributed by atoms with Crippen molar-refractivity contribution in [3.63, 3.8) is 0 Å². The van der Waals surface area contributed by atoms with Crippen molar-refractivity contribution in [3.05, 3.63) is 23.9 Å². The molecule has 2 unspecified atom stereocenters. The lowest BCUT2D eigenvalue weighted by atomic mass is 9.80. The summed E-state index contributed by atoms with van der Waals surface area (Å²) in [4.78, 5) is 4.26. The molecule has 1 aromatic heterocycles.